The van der Waals surface area contributed by atoms with Gasteiger partial charge in [-0.25, -0.2) is 4.79 Å². The highest BCUT2D eigenvalue weighted by atomic mass is 19.4. The fraction of sp³-hybridized carbons (Fsp3) is 0.857. The van der Waals surface area contributed by atoms with Gasteiger partial charge in [0, 0.05) is 13.0 Å². The molecule has 22 heavy (non-hydrogen) atoms. The number of alkyl halides is 3. The van der Waals surface area contributed by atoms with Crippen LogP contribution < -0.4 is 5.32 Å². The lowest BCUT2D eigenvalue weighted by Gasteiger charge is -2.30. The van der Waals surface area contributed by atoms with Crippen LogP contribution in [0.1, 0.15) is 46.5 Å². The van der Waals surface area contributed by atoms with E-state index < -0.39 is 42.1 Å². The zero-order chi connectivity index (χ0) is 17.2. The van der Waals surface area contributed by atoms with E-state index in [1.807, 2.05) is 0 Å². The Balaban J connectivity index is 2.74. The number of halogens is 3. The Morgan fingerprint density at radius 2 is 1.73 bits per heavy atom. The van der Waals surface area contributed by atoms with Crippen molar-refractivity contribution in [1.29, 1.82) is 0 Å². The summed E-state index contributed by atoms with van der Waals surface area (Å²) in [4.78, 5) is 23.2. The van der Waals surface area contributed by atoms with Crippen LogP contribution in [0.4, 0.5) is 18.0 Å². The minimum Gasteiger partial charge on any atom is -0.481 e. The highest BCUT2D eigenvalue weighted by molar-refractivity contribution is 5.77. The van der Waals surface area contributed by atoms with Crippen molar-refractivity contribution in [1.82, 2.24) is 5.32 Å². The lowest BCUT2D eigenvalue weighted by atomic mass is 9.78. The first-order valence-electron chi connectivity index (χ1n) is 7.13. The second-order valence-electron chi connectivity index (χ2n) is 6.71. The Kier molecular flexibility index (Phi) is 5.35. The summed E-state index contributed by atoms with van der Waals surface area (Å²) in [6.07, 6.45) is -5.88. The molecule has 5 nitrogen and oxygen atoms in total. The van der Waals surface area contributed by atoms with Gasteiger partial charge in [-0.15, -0.1) is 0 Å². The first kappa shape index (κ1) is 18.6. The monoisotopic (exact) mass is 325 g/mol. The SMILES string of the molecule is CC(C)(C)OC(=O)NCC(CCC(F)(F)F)(C(=O)O)C1CC1. The zero-order valence-corrected chi connectivity index (χ0v) is 12.9. The number of rotatable bonds is 6. The molecule has 1 amide bonds. The van der Waals surface area contributed by atoms with Crippen LogP contribution in [-0.2, 0) is 9.53 Å². The van der Waals surface area contributed by atoms with Gasteiger partial charge in [0.05, 0.1) is 5.41 Å². The number of ether oxygens (including phenoxy) is 1. The largest absolute Gasteiger partial charge is 0.481 e. The lowest BCUT2D eigenvalue weighted by Crippen LogP contribution is -2.46. The summed E-state index contributed by atoms with van der Waals surface area (Å²) in [5, 5.41) is 11.7. The van der Waals surface area contributed by atoms with E-state index in [2.05, 4.69) is 5.32 Å². The number of carboxylic acid groups (broad SMARTS) is 1. The maximum Gasteiger partial charge on any atom is 0.407 e. The molecule has 0 aromatic heterocycles. The molecule has 0 saturated heterocycles. The Hall–Kier alpha value is -1.47. The van der Waals surface area contributed by atoms with Crippen LogP contribution in [0, 0.1) is 11.3 Å². The average molecular weight is 325 g/mol. The van der Waals surface area contributed by atoms with Crippen molar-refractivity contribution in [3.63, 3.8) is 0 Å². The molecule has 1 aliphatic rings. The summed E-state index contributed by atoms with van der Waals surface area (Å²) in [6.45, 7) is 4.56. The van der Waals surface area contributed by atoms with Crippen LogP contribution in [-0.4, -0.2) is 35.5 Å². The fourth-order valence-corrected chi connectivity index (χ4v) is 2.34. The van der Waals surface area contributed by atoms with Crippen LogP contribution in [0.3, 0.4) is 0 Å². The summed E-state index contributed by atoms with van der Waals surface area (Å²) in [7, 11) is 0. The number of carboxylic acids is 1. The highest BCUT2D eigenvalue weighted by Crippen LogP contribution is 2.49. The van der Waals surface area contributed by atoms with Gasteiger partial charge in [-0.2, -0.15) is 13.2 Å². The van der Waals surface area contributed by atoms with Gasteiger partial charge in [0.25, 0.3) is 0 Å². The molecule has 1 atom stereocenters. The van der Waals surface area contributed by atoms with E-state index in [9.17, 15) is 27.9 Å². The number of hydrogen-bond acceptors (Lipinski definition) is 3. The number of hydrogen-bond donors (Lipinski definition) is 2. The number of alkyl carbamates (subject to hydrolysis) is 1. The molecule has 1 rings (SSSR count). The quantitative estimate of drug-likeness (QED) is 0.785. The molecule has 128 valence electrons. The molecular weight excluding hydrogens is 303 g/mol. The second-order valence-corrected chi connectivity index (χ2v) is 6.71. The topological polar surface area (TPSA) is 75.6 Å². The summed E-state index contributed by atoms with van der Waals surface area (Å²) >= 11 is 0. The first-order valence-corrected chi connectivity index (χ1v) is 7.13. The zero-order valence-electron chi connectivity index (χ0n) is 12.9. The maximum atomic E-state index is 12.4. The molecule has 0 spiro atoms. The van der Waals surface area contributed by atoms with E-state index in [4.69, 9.17) is 4.74 Å². The Labute approximate surface area is 127 Å². The number of aliphatic carboxylic acids is 1. The van der Waals surface area contributed by atoms with E-state index in [0.717, 1.165) is 0 Å². The highest BCUT2D eigenvalue weighted by Gasteiger charge is 2.52. The van der Waals surface area contributed by atoms with Gasteiger partial charge >= 0.3 is 18.2 Å². The van der Waals surface area contributed by atoms with Gasteiger partial charge in [-0.3, -0.25) is 4.79 Å². The van der Waals surface area contributed by atoms with Gasteiger partial charge in [0.1, 0.15) is 5.60 Å². The molecule has 0 aromatic rings. The van der Waals surface area contributed by atoms with Crippen molar-refractivity contribution in [2.45, 2.75) is 58.2 Å². The molecule has 0 aromatic carbocycles. The fourth-order valence-electron chi connectivity index (χ4n) is 2.34. The standard InChI is InChI=1S/C14H22F3NO4/c1-12(2,3)22-11(21)18-8-13(10(19)20,9-4-5-9)6-7-14(15,16)17/h9H,4-8H2,1-3H3,(H,18,21)(H,19,20). The molecule has 0 bridgehead atoms. The van der Waals surface area contributed by atoms with Crippen LogP contribution in [0.2, 0.25) is 0 Å². The van der Waals surface area contributed by atoms with E-state index in [1.165, 1.54) is 0 Å². The molecule has 1 fully saturated rings. The van der Waals surface area contributed by atoms with Gasteiger partial charge < -0.3 is 15.2 Å². The summed E-state index contributed by atoms with van der Waals surface area (Å²) in [5.41, 5.74) is -2.35. The summed E-state index contributed by atoms with van der Waals surface area (Å²) in [5.74, 6) is -1.66. The number of carbonyl (C=O) groups excluding carboxylic acids is 1. The molecule has 2 N–H and O–H groups in total. The minimum absolute atomic E-state index is 0.345. The van der Waals surface area contributed by atoms with Crippen molar-refractivity contribution in [3.05, 3.63) is 0 Å². The van der Waals surface area contributed by atoms with Crippen molar-refractivity contribution in [3.8, 4) is 0 Å². The van der Waals surface area contributed by atoms with E-state index >= 15 is 0 Å². The maximum absolute atomic E-state index is 12.4. The third-order valence-electron chi connectivity index (χ3n) is 3.59. The van der Waals surface area contributed by atoms with Crippen molar-refractivity contribution in [2.75, 3.05) is 6.54 Å². The first-order chi connectivity index (χ1) is 9.86. The van der Waals surface area contributed by atoms with Crippen LogP contribution in [0.25, 0.3) is 0 Å². The molecule has 0 heterocycles. The molecule has 1 unspecified atom stereocenters. The van der Waals surface area contributed by atoms with E-state index in [0.29, 0.717) is 12.8 Å². The summed E-state index contributed by atoms with van der Waals surface area (Å²) < 4.78 is 42.3. The third-order valence-corrected chi connectivity index (χ3v) is 3.59. The Morgan fingerprint density at radius 1 is 1.18 bits per heavy atom. The number of amides is 1. The molecular formula is C14H22F3NO4. The molecule has 0 radical (unpaired) electrons. The van der Waals surface area contributed by atoms with Gasteiger partial charge in [-0.1, -0.05) is 0 Å². The normalized spacial score (nSPS) is 18.5. The Bertz CT molecular complexity index is 427. The minimum atomic E-state index is -4.43. The second kappa shape index (κ2) is 6.34. The third kappa shape index (κ3) is 5.73. The van der Waals surface area contributed by atoms with Gasteiger partial charge in [0.2, 0.25) is 0 Å². The van der Waals surface area contributed by atoms with E-state index in [-0.39, 0.29) is 12.5 Å². The van der Waals surface area contributed by atoms with Gasteiger partial charge in [0.15, 0.2) is 0 Å². The van der Waals surface area contributed by atoms with Gasteiger partial charge in [-0.05, 0) is 46.0 Å². The lowest BCUT2D eigenvalue weighted by molar-refractivity contribution is -0.159. The molecule has 0 aliphatic heterocycles. The van der Waals surface area contributed by atoms with Crippen molar-refractivity contribution >= 4 is 12.1 Å². The van der Waals surface area contributed by atoms with Crippen molar-refractivity contribution < 1.29 is 32.6 Å². The number of carbonyl (C=O) groups is 2. The van der Waals surface area contributed by atoms with Crippen molar-refractivity contribution in [2.24, 2.45) is 11.3 Å². The Morgan fingerprint density at radius 3 is 2.09 bits per heavy atom. The van der Waals surface area contributed by atoms with Crippen LogP contribution in [0.15, 0.2) is 0 Å². The predicted octanol–water partition coefficient (Wildman–Crippen LogP) is 3.33. The molecule has 1 saturated carbocycles. The number of nitrogens with one attached hydrogen (secondary N) is 1. The molecule has 8 heteroatoms. The van der Waals surface area contributed by atoms with Crippen LogP contribution >= 0.6 is 0 Å². The average Bonchev–Trinajstić information content (AvgIpc) is 3.09. The summed E-state index contributed by atoms with van der Waals surface area (Å²) in [6, 6.07) is 0. The smallest absolute Gasteiger partial charge is 0.407 e. The predicted molar refractivity (Wildman–Crippen MR) is 72.3 cm³/mol. The van der Waals surface area contributed by atoms with Crippen LogP contribution in [0.5, 0.6) is 0 Å². The molecule has 1 aliphatic carbocycles. The van der Waals surface area contributed by atoms with E-state index in [1.54, 1.807) is 20.8 Å².